The number of hydrogen-bond donors (Lipinski definition) is 1. The number of fused-ring (bicyclic) bond motifs is 1. The van der Waals surface area contributed by atoms with Crippen LogP contribution in [0.2, 0.25) is 0 Å². The molecule has 0 radical (unpaired) electrons. The third-order valence-electron chi connectivity index (χ3n) is 9.01. The first-order valence-electron chi connectivity index (χ1n) is 11.1. The Kier molecular flexibility index (Phi) is 4.02. The van der Waals surface area contributed by atoms with Gasteiger partial charge < -0.3 is 5.11 Å². The van der Waals surface area contributed by atoms with Crippen LogP contribution < -0.4 is 0 Å². The number of hydrogen-bond acceptors (Lipinski definition) is 3. The van der Waals surface area contributed by atoms with Crippen LogP contribution in [0.25, 0.3) is 0 Å². The standard InChI is InChI=1S/C24H30O4/c1-12(2)17-11-24-9-8-13-14(4-3-5-15(13)23(27)28)18(24)10-16(17)21-19(25)6-7-20(26)22(21)24/h6-7,11-16,18,21-22H,3-5,8-10H2,1-2H3,(H,27,28)/t13-,14+,15-,16+,18+,21+,22-,24+/m1/s1. The van der Waals surface area contributed by atoms with Crippen molar-refractivity contribution in [2.75, 3.05) is 0 Å². The molecule has 6 aliphatic rings. The van der Waals surface area contributed by atoms with Crippen LogP contribution in [0.4, 0.5) is 0 Å². The predicted molar refractivity (Wildman–Crippen MR) is 104 cm³/mol. The van der Waals surface area contributed by atoms with Crippen molar-refractivity contribution >= 4 is 17.5 Å². The minimum absolute atomic E-state index is 0.127. The van der Waals surface area contributed by atoms with Crippen molar-refractivity contribution in [2.45, 2.75) is 52.4 Å². The number of rotatable bonds is 2. The van der Waals surface area contributed by atoms with Gasteiger partial charge in [-0.2, -0.15) is 0 Å². The monoisotopic (exact) mass is 382 g/mol. The Balaban J connectivity index is 1.62. The summed E-state index contributed by atoms with van der Waals surface area (Å²) in [5.41, 5.74) is 1.14. The van der Waals surface area contributed by atoms with Crippen LogP contribution in [0.3, 0.4) is 0 Å². The second-order valence-electron chi connectivity index (χ2n) is 10.2. The molecule has 2 bridgehead atoms. The molecule has 1 spiro atoms. The molecule has 28 heavy (non-hydrogen) atoms. The topological polar surface area (TPSA) is 71.4 Å². The van der Waals surface area contributed by atoms with Crippen molar-refractivity contribution in [3.05, 3.63) is 23.8 Å². The zero-order valence-corrected chi connectivity index (χ0v) is 16.8. The van der Waals surface area contributed by atoms with Crippen LogP contribution in [-0.4, -0.2) is 22.6 Å². The van der Waals surface area contributed by atoms with Gasteiger partial charge in [-0.05, 0) is 73.8 Å². The summed E-state index contributed by atoms with van der Waals surface area (Å²) in [6, 6.07) is 0. The lowest BCUT2D eigenvalue weighted by atomic mass is 9.38. The van der Waals surface area contributed by atoms with E-state index in [4.69, 9.17) is 0 Å². The van der Waals surface area contributed by atoms with Gasteiger partial charge in [0, 0.05) is 17.3 Å². The highest BCUT2D eigenvalue weighted by Crippen LogP contribution is 2.69. The van der Waals surface area contributed by atoms with Gasteiger partial charge in [0.25, 0.3) is 0 Å². The second-order valence-corrected chi connectivity index (χ2v) is 10.2. The van der Waals surface area contributed by atoms with E-state index in [9.17, 15) is 19.5 Å². The molecule has 0 amide bonds. The van der Waals surface area contributed by atoms with E-state index in [1.165, 1.54) is 17.7 Å². The molecule has 8 atom stereocenters. The fraction of sp³-hybridized carbons (Fsp3) is 0.708. The predicted octanol–water partition coefficient (Wildman–Crippen LogP) is 4.06. The fourth-order valence-corrected chi connectivity index (χ4v) is 8.10. The van der Waals surface area contributed by atoms with E-state index in [2.05, 4.69) is 19.9 Å². The summed E-state index contributed by atoms with van der Waals surface area (Å²) in [5.74, 6) is 0.482. The van der Waals surface area contributed by atoms with E-state index >= 15 is 0 Å². The molecule has 3 saturated carbocycles. The maximum atomic E-state index is 13.1. The van der Waals surface area contributed by atoms with E-state index in [1.54, 1.807) is 0 Å². The maximum Gasteiger partial charge on any atom is 0.306 e. The van der Waals surface area contributed by atoms with Gasteiger partial charge in [0.2, 0.25) is 0 Å². The molecule has 0 aromatic carbocycles. The number of carboxylic acid groups (broad SMARTS) is 1. The molecule has 0 unspecified atom stereocenters. The Hall–Kier alpha value is -1.71. The Morgan fingerprint density at radius 1 is 1.11 bits per heavy atom. The van der Waals surface area contributed by atoms with Gasteiger partial charge in [-0.25, -0.2) is 0 Å². The van der Waals surface area contributed by atoms with Gasteiger partial charge in [-0.3, -0.25) is 14.4 Å². The van der Waals surface area contributed by atoms with Gasteiger partial charge in [-0.15, -0.1) is 0 Å². The van der Waals surface area contributed by atoms with Crippen LogP contribution >= 0.6 is 0 Å². The smallest absolute Gasteiger partial charge is 0.306 e. The van der Waals surface area contributed by atoms with Crippen LogP contribution in [0.1, 0.15) is 52.4 Å². The lowest BCUT2D eigenvalue weighted by molar-refractivity contribution is -0.164. The number of carbonyl (C=O) groups is 3. The SMILES string of the molecule is CC(C)C1=C[C@@]23CC[C@@H]4[C@H](CCC[C@H]4C(=O)O)[C@@H]2C[C@@H]1[C@H]1C(=O)C=CC(=O)[C@H]13. The highest BCUT2D eigenvalue weighted by atomic mass is 16.4. The molecule has 0 aromatic heterocycles. The molecule has 0 aliphatic heterocycles. The minimum atomic E-state index is -0.644. The van der Waals surface area contributed by atoms with Crippen molar-refractivity contribution in [2.24, 2.45) is 52.8 Å². The quantitative estimate of drug-likeness (QED) is 0.731. The Bertz CT molecular complexity index is 805. The van der Waals surface area contributed by atoms with Crippen molar-refractivity contribution in [1.29, 1.82) is 0 Å². The lowest BCUT2D eigenvalue weighted by Gasteiger charge is -2.65. The first-order chi connectivity index (χ1) is 13.3. The van der Waals surface area contributed by atoms with Crippen LogP contribution in [0, 0.1) is 52.8 Å². The van der Waals surface area contributed by atoms with E-state index in [1.807, 2.05) is 0 Å². The molecular weight excluding hydrogens is 352 g/mol. The highest BCUT2D eigenvalue weighted by Gasteiger charge is 2.66. The molecule has 4 heteroatoms. The number of allylic oxidation sites excluding steroid dienone is 4. The van der Waals surface area contributed by atoms with Crippen LogP contribution in [0.5, 0.6) is 0 Å². The van der Waals surface area contributed by atoms with Crippen LogP contribution in [-0.2, 0) is 14.4 Å². The van der Waals surface area contributed by atoms with Gasteiger partial charge in [0.15, 0.2) is 11.6 Å². The van der Waals surface area contributed by atoms with Crippen molar-refractivity contribution < 1.29 is 19.5 Å². The molecule has 4 nitrogen and oxygen atoms in total. The summed E-state index contributed by atoms with van der Waals surface area (Å²) in [5, 5.41) is 9.76. The van der Waals surface area contributed by atoms with E-state index in [0.29, 0.717) is 17.8 Å². The Labute approximate surface area is 166 Å². The van der Waals surface area contributed by atoms with Crippen molar-refractivity contribution in [3.8, 4) is 0 Å². The first kappa shape index (κ1) is 18.3. The average Bonchev–Trinajstić information content (AvgIpc) is 2.68. The average molecular weight is 383 g/mol. The third kappa shape index (κ3) is 2.26. The minimum Gasteiger partial charge on any atom is -0.481 e. The molecule has 0 heterocycles. The van der Waals surface area contributed by atoms with Gasteiger partial charge in [-0.1, -0.05) is 31.9 Å². The van der Waals surface area contributed by atoms with Gasteiger partial charge in [0.1, 0.15) is 0 Å². The zero-order valence-electron chi connectivity index (χ0n) is 16.8. The first-order valence-corrected chi connectivity index (χ1v) is 11.1. The summed E-state index contributed by atoms with van der Waals surface area (Å²) in [6.45, 7) is 4.40. The lowest BCUT2D eigenvalue weighted by Crippen LogP contribution is -2.62. The van der Waals surface area contributed by atoms with Crippen molar-refractivity contribution in [1.82, 2.24) is 0 Å². The van der Waals surface area contributed by atoms with Gasteiger partial charge >= 0.3 is 5.97 Å². The molecule has 6 rings (SSSR count). The number of carbonyl (C=O) groups excluding carboxylic acids is 2. The highest BCUT2D eigenvalue weighted by molar-refractivity contribution is 6.08. The number of carboxylic acids is 1. The van der Waals surface area contributed by atoms with E-state index in [0.717, 1.165) is 38.5 Å². The summed E-state index contributed by atoms with van der Waals surface area (Å²) in [7, 11) is 0. The fourth-order valence-electron chi connectivity index (χ4n) is 8.10. The molecule has 3 fully saturated rings. The van der Waals surface area contributed by atoms with E-state index in [-0.39, 0.29) is 46.6 Å². The normalized spacial score (nSPS) is 46.7. The second kappa shape index (κ2) is 6.14. The summed E-state index contributed by atoms with van der Waals surface area (Å²) in [4.78, 5) is 37.8. The Morgan fingerprint density at radius 2 is 1.86 bits per heavy atom. The summed E-state index contributed by atoms with van der Waals surface area (Å²) >= 11 is 0. The van der Waals surface area contributed by atoms with Crippen LogP contribution in [0.15, 0.2) is 23.8 Å². The largest absolute Gasteiger partial charge is 0.481 e. The number of ketones is 2. The molecule has 150 valence electrons. The molecule has 6 aliphatic carbocycles. The molecule has 0 aromatic rings. The molecular formula is C24H30O4. The summed E-state index contributed by atoms with van der Waals surface area (Å²) < 4.78 is 0. The number of aliphatic carboxylic acids is 1. The molecule has 0 saturated heterocycles. The molecule has 1 N–H and O–H groups in total. The van der Waals surface area contributed by atoms with Crippen molar-refractivity contribution in [3.63, 3.8) is 0 Å². The maximum absolute atomic E-state index is 13.1. The summed E-state index contributed by atoms with van der Waals surface area (Å²) in [6.07, 6.45) is 11.0. The third-order valence-corrected chi connectivity index (χ3v) is 9.01. The van der Waals surface area contributed by atoms with E-state index < -0.39 is 5.97 Å². The zero-order chi connectivity index (χ0) is 19.8. The Morgan fingerprint density at radius 3 is 2.57 bits per heavy atom. The van der Waals surface area contributed by atoms with Gasteiger partial charge in [0.05, 0.1) is 5.92 Å².